The van der Waals surface area contributed by atoms with Crippen molar-refractivity contribution in [3.8, 4) is 0 Å². The highest BCUT2D eigenvalue weighted by Gasteiger charge is 2.22. The Balaban J connectivity index is 2.98. The van der Waals surface area contributed by atoms with Crippen LogP contribution in [0.3, 0.4) is 0 Å². The lowest BCUT2D eigenvalue weighted by molar-refractivity contribution is 0.0564. The molecule has 0 aromatic heterocycles. The number of aliphatic hydroxyl groups excluding tert-OH is 2. The van der Waals surface area contributed by atoms with Gasteiger partial charge in [-0.05, 0) is 56.9 Å². The van der Waals surface area contributed by atoms with Crippen LogP contribution >= 0.6 is 0 Å². The first-order valence-electron chi connectivity index (χ1n) is 8.73. The van der Waals surface area contributed by atoms with Gasteiger partial charge >= 0.3 is 0 Å². The molecule has 0 saturated heterocycles. The molecular weight excluding hydrogens is 288 g/mol. The largest absolute Gasteiger partial charge is 0.389 e. The zero-order chi connectivity index (χ0) is 17.6. The van der Waals surface area contributed by atoms with Crippen molar-refractivity contribution < 1.29 is 15.3 Å². The summed E-state index contributed by atoms with van der Waals surface area (Å²) in [5.41, 5.74) is 0.881. The normalized spacial score (nSPS) is 35.0. The molecule has 0 saturated carbocycles. The third-order valence-corrected chi connectivity index (χ3v) is 4.74. The van der Waals surface area contributed by atoms with E-state index in [1.807, 2.05) is 13.0 Å². The highest BCUT2D eigenvalue weighted by molar-refractivity contribution is 5.11. The molecule has 4 atom stereocenters. The maximum Gasteiger partial charge on any atom is 0.0827 e. The Bertz CT molecular complexity index is 446. The number of hydrogen-bond acceptors (Lipinski definition) is 3. The van der Waals surface area contributed by atoms with Gasteiger partial charge in [0, 0.05) is 6.42 Å². The molecule has 0 spiro atoms. The Morgan fingerprint density at radius 2 is 1.87 bits per heavy atom. The first-order valence-corrected chi connectivity index (χ1v) is 8.73. The minimum atomic E-state index is -1.02. The second kappa shape index (κ2) is 8.81. The van der Waals surface area contributed by atoms with Crippen molar-refractivity contribution in [3.05, 3.63) is 36.0 Å². The molecule has 0 amide bonds. The summed E-state index contributed by atoms with van der Waals surface area (Å²) in [6, 6.07) is 0. The Hall–Kier alpha value is -0.900. The molecule has 132 valence electrons. The van der Waals surface area contributed by atoms with E-state index in [2.05, 4.69) is 26.5 Å². The van der Waals surface area contributed by atoms with Gasteiger partial charge in [0.1, 0.15) is 0 Å². The predicted molar refractivity (Wildman–Crippen MR) is 96.1 cm³/mol. The smallest absolute Gasteiger partial charge is 0.0827 e. The van der Waals surface area contributed by atoms with Gasteiger partial charge in [0.2, 0.25) is 0 Å². The van der Waals surface area contributed by atoms with Gasteiger partial charge in [-0.2, -0.15) is 0 Å². The Morgan fingerprint density at radius 1 is 1.22 bits per heavy atom. The second-order valence-corrected chi connectivity index (χ2v) is 7.66. The van der Waals surface area contributed by atoms with Crippen LogP contribution in [0.2, 0.25) is 0 Å². The lowest BCUT2D eigenvalue weighted by atomic mass is 9.85. The van der Waals surface area contributed by atoms with Crippen LogP contribution in [0.4, 0.5) is 0 Å². The fourth-order valence-electron chi connectivity index (χ4n) is 3.03. The zero-order valence-corrected chi connectivity index (χ0v) is 15.1. The van der Waals surface area contributed by atoms with Crippen LogP contribution < -0.4 is 0 Å². The zero-order valence-electron chi connectivity index (χ0n) is 15.1. The van der Waals surface area contributed by atoms with Crippen molar-refractivity contribution >= 4 is 0 Å². The Kier molecular flexibility index (Phi) is 7.72. The van der Waals surface area contributed by atoms with E-state index in [-0.39, 0.29) is 6.42 Å². The fourth-order valence-corrected chi connectivity index (χ4v) is 3.03. The molecule has 0 aromatic rings. The lowest BCUT2D eigenvalue weighted by Crippen LogP contribution is -2.27. The molecule has 0 aromatic carbocycles. The molecule has 0 aliphatic heterocycles. The molecule has 0 heterocycles. The van der Waals surface area contributed by atoms with E-state index in [0.717, 1.165) is 30.4 Å². The van der Waals surface area contributed by atoms with Gasteiger partial charge < -0.3 is 15.3 Å². The summed E-state index contributed by atoms with van der Waals surface area (Å²) in [4.78, 5) is 0. The monoisotopic (exact) mass is 322 g/mol. The standard InChI is InChI=1S/C20H34O3/c1-14(2)17-8-7-16(4)19(22)9-6-15(3)12-18(21)13-20(5,23)11-10-17/h10-12,14,17-19,21-23H,4,6-9,13H2,1-3,5H3. The van der Waals surface area contributed by atoms with Crippen molar-refractivity contribution in [2.75, 3.05) is 0 Å². The van der Waals surface area contributed by atoms with Crippen molar-refractivity contribution in [1.29, 1.82) is 0 Å². The van der Waals surface area contributed by atoms with Crippen LogP contribution in [0, 0.1) is 11.8 Å². The molecule has 23 heavy (non-hydrogen) atoms. The minimum Gasteiger partial charge on any atom is -0.389 e. The molecule has 0 bridgehead atoms. The Labute approximate surface area is 141 Å². The molecule has 1 aliphatic carbocycles. The van der Waals surface area contributed by atoms with Crippen LogP contribution in [0.1, 0.15) is 59.8 Å². The predicted octanol–water partition coefficient (Wildman–Crippen LogP) is 3.75. The van der Waals surface area contributed by atoms with E-state index in [1.165, 1.54) is 0 Å². The number of rotatable bonds is 1. The Morgan fingerprint density at radius 3 is 2.48 bits per heavy atom. The number of aliphatic hydroxyl groups is 3. The molecule has 0 fully saturated rings. The minimum absolute atomic E-state index is 0.279. The lowest BCUT2D eigenvalue weighted by Gasteiger charge is -2.25. The molecule has 3 nitrogen and oxygen atoms in total. The summed E-state index contributed by atoms with van der Waals surface area (Å²) in [6.45, 7) is 12.0. The SMILES string of the molecule is C=C1CCC(C(C)C)C=CC(C)(O)CC(O)C=C(C)CCC1O. The van der Waals surface area contributed by atoms with Crippen LogP contribution in [0.15, 0.2) is 36.0 Å². The van der Waals surface area contributed by atoms with Gasteiger partial charge in [-0.3, -0.25) is 0 Å². The third-order valence-electron chi connectivity index (χ3n) is 4.74. The van der Waals surface area contributed by atoms with Crippen molar-refractivity contribution in [1.82, 2.24) is 0 Å². The molecule has 3 N–H and O–H groups in total. The van der Waals surface area contributed by atoms with Crippen molar-refractivity contribution in [2.24, 2.45) is 11.8 Å². The summed E-state index contributed by atoms with van der Waals surface area (Å²) >= 11 is 0. The van der Waals surface area contributed by atoms with E-state index in [9.17, 15) is 15.3 Å². The molecule has 1 rings (SSSR count). The highest BCUT2D eigenvalue weighted by Crippen LogP contribution is 2.26. The third kappa shape index (κ3) is 7.47. The first kappa shape index (κ1) is 20.1. The van der Waals surface area contributed by atoms with Crippen molar-refractivity contribution in [3.63, 3.8) is 0 Å². The van der Waals surface area contributed by atoms with Gasteiger partial charge in [-0.25, -0.2) is 0 Å². The molecular formula is C20H34O3. The molecule has 0 radical (unpaired) electrons. The van der Waals surface area contributed by atoms with Gasteiger partial charge in [0.15, 0.2) is 0 Å². The summed E-state index contributed by atoms with van der Waals surface area (Å²) in [5.74, 6) is 0.773. The van der Waals surface area contributed by atoms with Gasteiger partial charge in [0.25, 0.3) is 0 Å². The van der Waals surface area contributed by atoms with Crippen LogP contribution in [0.25, 0.3) is 0 Å². The van der Waals surface area contributed by atoms with Crippen molar-refractivity contribution in [2.45, 2.75) is 77.6 Å². The van der Waals surface area contributed by atoms with Crippen LogP contribution in [0.5, 0.6) is 0 Å². The number of allylic oxidation sites excluding steroid dienone is 2. The summed E-state index contributed by atoms with van der Waals surface area (Å²) in [7, 11) is 0. The molecule has 4 unspecified atom stereocenters. The topological polar surface area (TPSA) is 60.7 Å². The van der Waals surface area contributed by atoms with Gasteiger partial charge in [0.05, 0.1) is 17.8 Å². The highest BCUT2D eigenvalue weighted by atomic mass is 16.3. The number of hydrogen-bond donors (Lipinski definition) is 3. The quantitative estimate of drug-likeness (QED) is 0.644. The summed E-state index contributed by atoms with van der Waals surface area (Å²) in [5, 5.41) is 30.9. The summed E-state index contributed by atoms with van der Waals surface area (Å²) < 4.78 is 0. The van der Waals surface area contributed by atoms with E-state index in [0.29, 0.717) is 18.3 Å². The van der Waals surface area contributed by atoms with Gasteiger partial charge in [-0.15, -0.1) is 0 Å². The average Bonchev–Trinajstić information content (AvgIpc) is 2.42. The summed E-state index contributed by atoms with van der Waals surface area (Å²) in [6.07, 6.45) is 7.82. The first-order chi connectivity index (χ1) is 10.6. The van der Waals surface area contributed by atoms with E-state index in [4.69, 9.17) is 0 Å². The van der Waals surface area contributed by atoms with E-state index in [1.54, 1.807) is 13.0 Å². The van der Waals surface area contributed by atoms with Crippen LogP contribution in [-0.2, 0) is 0 Å². The fraction of sp³-hybridized carbons (Fsp3) is 0.700. The van der Waals surface area contributed by atoms with Gasteiger partial charge in [-0.1, -0.05) is 44.2 Å². The average molecular weight is 322 g/mol. The van der Waals surface area contributed by atoms with E-state index >= 15 is 0 Å². The van der Waals surface area contributed by atoms with E-state index < -0.39 is 17.8 Å². The molecule has 1 aliphatic rings. The van der Waals surface area contributed by atoms with Crippen LogP contribution in [-0.4, -0.2) is 33.1 Å². The maximum absolute atomic E-state index is 10.5. The second-order valence-electron chi connectivity index (χ2n) is 7.66. The molecule has 3 heteroatoms. The maximum atomic E-state index is 10.5.